The Hall–Kier alpha value is -0.570. The lowest BCUT2D eigenvalue weighted by Crippen LogP contribution is -2.31. The van der Waals surface area contributed by atoms with Crippen molar-refractivity contribution in [1.82, 2.24) is 0 Å². The third kappa shape index (κ3) is 3.70. The van der Waals surface area contributed by atoms with E-state index in [1.807, 2.05) is 13.8 Å². The maximum atomic E-state index is 10.0. The predicted octanol–water partition coefficient (Wildman–Crippen LogP) is 3.05. The zero-order valence-corrected chi connectivity index (χ0v) is 12.1. The fourth-order valence-electron chi connectivity index (χ4n) is 2.30. The summed E-state index contributed by atoms with van der Waals surface area (Å²) in [6.45, 7) is 10.2. The van der Waals surface area contributed by atoms with Crippen molar-refractivity contribution in [1.29, 1.82) is 0 Å². The summed E-state index contributed by atoms with van der Waals surface area (Å²) in [7, 11) is 0. The van der Waals surface area contributed by atoms with Gasteiger partial charge in [-0.2, -0.15) is 0 Å². The van der Waals surface area contributed by atoms with Gasteiger partial charge in [-0.25, -0.2) is 0 Å². The molecule has 0 saturated heterocycles. The van der Waals surface area contributed by atoms with Crippen LogP contribution in [0, 0.1) is 26.7 Å². The van der Waals surface area contributed by atoms with Crippen molar-refractivity contribution in [3.63, 3.8) is 0 Å². The lowest BCUT2D eigenvalue weighted by atomic mass is 9.88. The zero-order valence-electron chi connectivity index (χ0n) is 11.3. The van der Waals surface area contributed by atoms with E-state index in [1.165, 1.54) is 16.7 Å². The molecular formula is C14H24ClNO. The van der Waals surface area contributed by atoms with Crippen molar-refractivity contribution in [2.75, 3.05) is 0 Å². The van der Waals surface area contributed by atoms with Gasteiger partial charge in [0.25, 0.3) is 0 Å². The van der Waals surface area contributed by atoms with Gasteiger partial charge in [-0.15, -0.1) is 12.4 Å². The maximum absolute atomic E-state index is 10.0. The highest BCUT2D eigenvalue weighted by Crippen LogP contribution is 2.26. The molecule has 3 N–H and O–H groups in total. The van der Waals surface area contributed by atoms with E-state index in [0.717, 1.165) is 5.56 Å². The second kappa shape index (κ2) is 6.39. The molecule has 1 aromatic rings. The van der Waals surface area contributed by atoms with Crippen LogP contribution in [-0.4, -0.2) is 11.2 Å². The minimum absolute atomic E-state index is 0. The van der Waals surface area contributed by atoms with E-state index in [-0.39, 0.29) is 24.4 Å². The molecule has 2 atom stereocenters. The molecule has 0 unspecified atom stereocenters. The number of hydrogen-bond acceptors (Lipinski definition) is 2. The molecule has 3 heteroatoms. The highest BCUT2D eigenvalue weighted by atomic mass is 35.5. The summed E-state index contributed by atoms with van der Waals surface area (Å²) in [6, 6.07) is 3.95. The summed E-state index contributed by atoms with van der Waals surface area (Å²) < 4.78 is 0. The average Bonchev–Trinajstić information content (AvgIpc) is 2.14. The molecule has 2 nitrogen and oxygen atoms in total. The Morgan fingerprint density at radius 1 is 1.06 bits per heavy atom. The summed E-state index contributed by atoms with van der Waals surface area (Å²) in [6.07, 6.45) is -0.486. The van der Waals surface area contributed by atoms with Crippen LogP contribution in [0.4, 0.5) is 0 Å². The number of halogens is 1. The second-order valence-electron chi connectivity index (χ2n) is 5.07. The first kappa shape index (κ1) is 16.4. The normalized spacial score (nSPS) is 14.4. The van der Waals surface area contributed by atoms with Gasteiger partial charge in [-0.05, 0) is 43.4 Å². The van der Waals surface area contributed by atoms with Gasteiger partial charge in [0.2, 0.25) is 0 Å². The number of aliphatic hydroxyl groups excluding tert-OH is 1. The molecule has 0 radical (unpaired) electrons. The molecule has 0 aromatic heterocycles. The molecule has 0 amide bonds. The second-order valence-corrected chi connectivity index (χ2v) is 5.07. The van der Waals surface area contributed by atoms with Crippen molar-refractivity contribution in [2.45, 2.75) is 46.8 Å². The van der Waals surface area contributed by atoms with Crippen LogP contribution in [-0.2, 0) is 0 Å². The Morgan fingerprint density at radius 2 is 1.47 bits per heavy atom. The minimum Gasteiger partial charge on any atom is -0.391 e. The fraction of sp³-hybridized carbons (Fsp3) is 0.571. The van der Waals surface area contributed by atoms with Crippen LogP contribution in [0.15, 0.2) is 12.1 Å². The molecule has 0 aliphatic rings. The van der Waals surface area contributed by atoms with E-state index in [0.29, 0.717) is 0 Å². The van der Waals surface area contributed by atoms with E-state index < -0.39 is 6.10 Å². The maximum Gasteiger partial charge on any atom is 0.0755 e. The van der Waals surface area contributed by atoms with Crippen LogP contribution in [0.25, 0.3) is 0 Å². The first-order chi connectivity index (χ1) is 7.34. The molecule has 0 saturated carbocycles. The quantitative estimate of drug-likeness (QED) is 0.874. The summed E-state index contributed by atoms with van der Waals surface area (Å²) in [5.74, 6) is 0.176. The molecule has 1 aromatic carbocycles. The molecule has 0 aliphatic heterocycles. The van der Waals surface area contributed by atoms with Crippen molar-refractivity contribution in [3.8, 4) is 0 Å². The number of rotatable bonds is 3. The molecule has 1 rings (SSSR count). The summed E-state index contributed by atoms with van der Waals surface area (Å²) in [5, 5.41) is 10.0. The number of nitrogens with two attached hydrogens (primary N) is 1. The first-order valence-electron chi connectivity index (χ1n) is 5.86. The minimum atomic E-state index is -0.486. The van der Waals surface area contributed by atoms with E-state index in [1.54, 1.807) is 0 Å². The van der Waals surface area contributed by atoms with E-state index >= 15 is 0 Å². The highest BCUT2D eigenvalue weighted by Gasteiger charge is 2.22. The molecule has 0 aliphatic carbocycles. The smallest absolute Gasteiger partial charge is 0.0755 e. The fourth-order valence-corrected chi connectivity index (χ4v) is 2.30. The Balaban J connectivity index is 0.00000256. The summed E-state index contributed by atoms with van der Waals surface area (Å²) in [5.41, 5.74) is 10.8. The van der Waals surface area contributed by atoms with Gasteiger partial charge in [0.15, 0.2) is 0 Å². The summed E-state index contributed by atoms with van der Waals surface area (Å²) in [4.78, 5) is 0. The van der Waals surface area contributed by atoms with Gasteiger partial charge in [0, 0.05) is 0 Å². The topological polar surface area (TPSA) is 46.2 Å². The van der Waals surface area contributed by atoms with E-state index in [4.69, 9.17) is 5.73 Å². The Labute approximate surface area is 111 Å². The predicted molar refractivity (Wildman–Crippen MR) is 75.7 cm³/mol. The standard InChI is InChI=1S/C14H23NO.ClH/c1-8(2)14(16)13(15)12-10(4)6-9(3)7-11(12)5;/h6-8,13-14,16H,15H2,1-5H3;1H/t13-,14+;/m1./s1. The van der Waals surface area contributed by atoms with Gasteiger partial charge < -0.3 is 10.8 Å². The van der Waals surface area contributed by atoms with Gasteiger partial charge in [0.05, 0.1) is 12.1 Å². The molecule has 0 bridgehead atoms. The van der Waals surface area contributed by atoms with Crippen LogP contribution in [0.5, 0.6) is 0 Å². The lowest BCUT2D eigenvalue weighted by Gasteiger charge is -2.25. The number of aliphatic hydroxyl groups is 1. The molecule has 0 heterocycles. The van der Waals surface area contributed by atoms with Gasteiger partial charge >= 0.3 is 0 Å². The molecule has 0 spiro atoms. The first-order valence-corrected chi connectivity index (χ1v) is 5.86. The van der Waals surface area contributed by atoms with E-state index in [2.05, 4.69) is 32.9 Å². The average molecular weight is 258 g/mol. The Morgan fingerprint density at radius 3 is 1.82 bits per heavy atom. The largest absolute Gasteiger partial charge is 0.391 e. The monoisotopic (exact) mass is 257 g/mol. The van der Waals surface area contributed by atoms with Crippen LogP contribution in [0.1, 0.15) is 42.1 Å². The van der Waals surface area contributed by atoms with Gasteiger partial charge in [0.1, 0.15) is 0 Å². The summed E-state index contributed by atoms with van der Waals surface area (Å²) >= 11 is 0. The number of benzene rings is 1. The van der Waals surface area contributed by atoms with E-state index in [9.17, 15) is 5.11 Å². The van der Waals surface area contributed by atoms with Crippen LogP contribution in [0.2, 0.25) is 0 Å². The molecule has 0 fully saturated rings. The van der Waals surface area contributed by atoms with Crippen molar-refractivity contribution in [2.24, 2.45) is 11.7 Å². The Kier molecular flexibility index (Phi) is 6.17. The van der Waals surface area contributed by atoms with Gasteiger partial charge in [-0.3, -0.25) is 0 Å². The third-order valence-electron chi connectivity index (χ3n) is 3.12. The molecular weight excluding hydrogens is 234 g/mol. The Bertz CT molecular complexity index is 353. The highest BCUT2D eigenvalue weighted by molar-refractivity contribution is 5.85. The van der Waals surface area contributed by atoms with Crippen molar-refractivity contribution < 1.29 is 5.11 Å². The zero-order chi connectivity index (χ0) is 12.5. The lowest BCUT2D eigenvalue weighted by molar-refractivity contribution is 0.0975. The number of aryl methyl sites for hydroxylation is 3. The number of hydrogen-bond donors (Lipinski definition) is 2. The SMILES string of the molecule is Cc1cc(C)c([C@@H](N)[C@@H](O)C(C)C)c(C)c1.Cl. The molecule has 17 heavy (non-hydrogen) atoms. The third-order valence-corrected chi connectivity index (χ3v) is 3.12. The molecule has 98 valence electrons. The van der Waals surface area contributed by atoms with Crippen LogP contribution >= 0.6 is 12.4 Å². The van der Waals surface area contributed by atoms with Crippen molar-refractivity contribution >= 4 is 12.4 Å². The van der Waals surface area contributed by atoms with Crippen molar-refractivity contribution in [3.05, 3.63) is 34.4 Å². The van der Waals surface area contributed by atoms with Crippen LogP contribution in [0.3, 0.4) is 0 Å². The van der Waals surface area contributed by atoms with Gasteiger partial charge in [-0.1, -0.05) is 31.5 Å². The van der Waals surface area contributed by atoms with Crippen LogP contribution < -0.4 is 5.73 Å².